The van der Waals surface area contributed by atoms with Crippen LogP contribution in [0.5, 0.6) is 0 Å². The van der Waals surface area contributed by atoms with E-state index in [4.69, 9.17) is 4.74 Å². The molecule has 0 aliphatic rings. The van der Waals surface area contributed by atoms with Crippen LogP contribution in [0.2, 0.25) is 0 Å². The molecule has 0 heterocycles. The van der Waals surface area contributed by atoms with Crippen LogP contribution in [-0.2, 0) is 4.74 Å². The average molecular weight is 303 g/mol. The van der Waals surface area contributed by atoms with Gasteiger partial charge in [-0.05, 0) is 0 Å². The van der Waals surface area contributed by atoms with Crippen LogP contribution in [0, 0.1) is 0 Å². The van der Waals surface area contributed by atoms with Crippen molar-refractivity contribution in [2.75, 3.05) is 41.3 Å². The monoisotopic (exact) mass is 303 g/mol. The Hall–Kier alpha value is -0.0800. The lowest BCUT2D eigenvalue weighted by atomic mass is 10.5. The van der Waals surface area contributed by atoms with Crippen molar-refractivity contribution < 1.29 is 38.0 Å². The van der Waals surface area contributed by atoms with Crippen LogP contribution < -0.4 is 34.8 Å². The van der Waals surface area contributed by atoms with E-state index in [0.29, 0.717) is 6.61 Å². The van der Waals surface area contributed by atoms with Crippen LogP contribution in [0.1, 0.15) is 0 Å². The normalized spacial score (nSPS) is 10.2. The highest BCUT2D eigenvalue weighted by molar-refractivity contribution is 5.66. The van der Waals surface area contributed by atoms with Crippen molar-refractivity contribution >= 4 is 6.09 Å². The van der Waals surface area contributed by atoms with Gasteiger partial charge in [0.15, 0.2) is 0 Å². The topological polar surface area (TPSA) is 50.4 Å². The summed E-state index contributed by atoms with van der Waals surface area (Å²) in [5.41, 5.74) is 4.80. The maximum absolute atomic E-state index is 10.7. The number of hydrazine groups is 1. The van der Waals surface area contributed by atoms with Crippen molar-refractivity contribution in [2.45, 2.75) is 0 Å². The summed E-state index contributed by atoms with van der Waals surface area (Å²) in [4.78, 5) is 10.7. The first kappa shape index (κ1) is 15.4. The zero-order chi connectivity index (χ0) is 9.61. The van der Waals surface area contributed by atoms with Crippen LogP contribution in [-0.4, -0.2) is 51.9 Å². The van der Waals surface area contributed by atoms with Crippen molar-refractivity contribution in [1.82, 2.24) is 10.9 Å². The summed E-state index contributed by atoms with van der Waals surface area (Å²) in [5, 5.41) is 0. The molecule has 5 nitrogen and oxygen atoms in total. The minimum atomic E-state index is -0.439. The van der Waals surface area contributed by atoms with Gasteiger partial charge >= 0.3 is 6.09 Å². The molecule has 80 valence electrons. The summed E-state index contributed by atoms with van der Waals surface area (Å²) in [5.74, 6) is 0. The molecule has 0 unspecified atom stereocenters. The molecule has 0 aliphatic heterocycles. The third-order valence-corrected chi connectivity index (χ3v) is 1.22. The number of carbonyl (C=O) groups excluding carboxylic acids is 1. The number of hydrogen-bond acceptors (Lipinski definition) is 3. The van der Waals surface area contributed by atoms with Gasteiger partial charge in [-0.15, -0.1) is 0 Å². The van der Waals surface area contributed by atoms with E-state index in [1.165, 1.54) is 0 Å². The van der Waals surface area contributed by atoms with Crippen LogP contribution in [0.4, 0.5) is 4.79 Å². The van der Waals surface area contributed by atoms with E-state index < -0.39 is 6.09 Å². The minimum Gasteiger partial charge on any atom is -1.00 e. The number of ether oxygens (including phenoxy) is 1. The van der Waals surface area contributed by atoms with Gasteiger partial charge in [0.05, 0.1) is 21.1 Å². The zero-order valence-corrected chi connectivity index (χ0v) is 10.7. The fraction of sp³-hybridized carbons (Fsp3) is 0.857. The van der Waals surface area contributed by atoms with Gasteiger partial charge in [0.25, 0.3) is 0 Å². The predicted molar refractivity (Wildman–Crippen MR) is 46.4 cm³/mol. The lowest BCUT2D eigenvalue weighted by molar-refractivity contribution is -0.870. The summed E-state index contributed by atoms with van der Waals surface area (Å²) in [6.07, 6.45) is -0.439. The molecule has 0 aliphatic carbocycles. The number of carbonyl (C=O) groups is 1. The second-order valence-corrected chi connectivity index (χ2v) is 3.52. The first-order valence-corrected chi connectivity index (χ1v) is 3.85. The Labute approximate surface area is 96.4 Å². The van der Waals surface area contributed by atoms with Gasteiger partial charge in [-0.2, -0.15) is 0 Å². The van der Waals surface area contributed by atoms with Gasteiger partial charge in [-0.3, -0.25) is 5.43 Å². The maximum atomic E-state index is 10.7. The average Bonchev–Trinajstić information content (AvgIpc) is 1.84. The van der Waals surface area contributed by atoms with Crippen molar-refractivity contribution in [3.63, 3.8) is 0 Å². The van der Waals surface area contributed by atoms with Gasteiger partial charge in [0.1, 0.15) is 13.2 Å². The summed E-state index contributed by atoms with van der Waals surface area (Å²) in [6.45, 7) is 1.23. The Balaban J connectivity index is 0. The summed E-state index contributed by atoms with van der Waals surface area (Å²) < 4.78 is 5.61. The first-order valence-electron chi connectivity index (χ1n) is 3.85. The molecule has 0 spiro atoms. The minimum absolute atomic E-state index is 0. The summed E-state index contributed by atoms with van der Waals surface area (Å²) in [6, 6.07) is 0. The smallest absolute Gasteiger partial charge is 0.421 e. The Morgan fingerprint density at radius 1 is 1.38 bits per heavy atom. The molecule has 0 fully saturated rings. The van der Waals surface area contributed by atoms with Crippen molar-refractivity contribution in [2.24, 2.45) is 0 Å². The number of amides is 1. The largest absolute Gasteiger partial charge is 1.00 e. The lowest BCUT2D eigenvalue weighted by Crippen LogP contribution is -3.00. The molecule has 0 atom stereocenters. The Bertz CT molecular complexity index is 147. The maximum Gasteiger partial charge on any atom is 0.421 e. The highest BCUT2D eigenvalue weighted by Crippen LogP contribution is 1.89. The molecule has 2 N–H and O–H groups in total. The first-order chi connectivity index (χ1) is 5.45. The number of nitrogens with one attached hydrogen (secondary N) is 2. The van der Waals surface area contributed by atoms with E-state index in [1.54, 1.807) is 7.05 Å². The molecule has 0 aromatic heterocycles. The van der Waals surface area contributed by atoms with Crippen LogP contribution >= 0.6 is 0 Å². The number of halogens is 1. The fourth-order valence-corrected chi connectivity index (χ4v) is 0.550. The van der Waals surface area contributed by atoms with Crippen molar-refractivity contribution in [1.29, 1.82) is 0 Å². The number of likely N-dealkylation sites (N-methyl/N-ethyl adjacent to an activating group) is 1. The quantitative estimate of drug-likeness (QED) is 0.323. The number of quaternary nitrogens is 1. The van der Waals surface area contributed by atoms with E-state index in [-0.39, 0.29) is 24.0 Å². The summed E-state index contributed by atoms with van der Waals surface area (Å²) in [7, 11) is 7.74. The Kier molecular flexibility index (Phi) is 8.69. The molecular weight excluding hydrogens is 285 g/mol. The predicted octanol–water partition coefficient (Wildman–Crippen LogP) is -3.44. The number of rotatable bonds is 4. The molecule has 13 heavy (non-hydrogen) atoms. The van der Waals surface area contributed by atoms with Gasteiger partial charge < -0.3 is 33.2 Å². The van der Waals surface area contributed by atoms with Gasteiger partial charge in [-0.25, -0.2) is 10.2 Å². The third kappa shape index (κ3) is 11.9. The molecule has 0 saturated carbocycles. The second-order valence-electron chi connectivity index (χ2n) is 3.52. The molecule has 0 saturated heterocycles. The molecule has 6 heteroatoms. The fourth-order valence-electron chi connectivity index (χ4n) is 0.550. The molecule has 0 aromatic rings. The van der Waals surface area contributed by atoms with E-state index in [1.807, 2.05) is 21.1 Å². The molecule has 1 amide bonds. The molecule has 0 rings (SSSR count). The van der Waals surface area contributed by atoms with E-state index in [0.717, 1.165) is 11.0 Å². The van der Waals surface area contributed by atoms with Crippen molar-refractivity contribution in [3.8, 4) is 0 Å². The Morgan fingerprint density at radius 2 is 1.92 bits per heavy atom. The highest BCUT2D eigenvalue weighted by Gasteiger charge is 2.07. The SMILES string of the molecule is CNNC(=O)OCC[N+](C)(C)C.[I-]. The van der Waals surface area contributed by atoms with Crippen molar-refractivity contribution in [3.05, 3.63) is 0 Å². The lowest BCUT2D eigenvalue weighted by Gasteiger charge is -2.23. The van der Waals surface area contributed by atoms with Gasteiger partial charge in [0, 0.05) is 7.05 Å². The molecular formula is C7H18IN3O2. The molecule has 0 radical (unpaired) electrons. The van der Waals surface area contributed by atoms with E-state index in [9.17, 15) is 4.79 Å². The highest BCUT2D eigenvalue weighted by atomic mass is 127. The molecule has 0 aromatic carbocycles. The van der Waals surface area contributed by atoms with Gasteiger partial charge in [0.2, 0.25) is 0 Å². The molecule has 0 bridgehead atoms. The second kappa shape index (κ2) is 7.34. The van der Waals surface area contributed by atoms with Gasteiger partial charge in [-0.1, -0.05) is 0 Å². The Morgan fingerprint density at radius 3 is 2.31 bits per heavy atom. The van der Waals surface area contributed by atoms with Crippen LogP contribution in [0.3, 0.4) is 0 Å². The number of hydrogen-bond donors (Lipinski definition) is 2. The number of nitrogens with zero attached hydrogens (tertiary/aromatic N) is 1. The van der Waals surface area contributed by atoms with E-state index in [2.05, 4.69) is 10.9 Å². The summed E-state index contributed by atoms with van der Waals surface area (Å²) >= 11 is 0. The standard InChI is InChI=1S/C7H17N3O2.HI/c1-8-9-7(11)12-6-5-10(2,3)4;/h8H,5-6H2,1-4H3;1H. The van der Waals surface area contributed by atoms with Crippen LogP contribution in [0.15, 0.2) is 0 Å². The van der Waals surface area contributed by atoms with Crippen LogP contribution in [0.25, 0.3) is 0 Å². The van der Waals surface area contributed by atoms with E-state index >= 15 is 0 Å². The zero-order valence-electron chi connectivity index (χ0n) is 8.56. The third-order valence-electron chi connectivity index (χ3n) is 1.22.